The number of pyridine rings is 1. The highest BCUT2D eigenvalue weighted by Gasteiger charge is 2.23. The van der Waals surface area contributed by atoms with Gasteiger partial charge in [-0.05, 0) is 34.1 Å². The maximum absolute atomic E-state index is 12.6. The molecule has 0 bridgehead atoms. The summed E-state index contributed by atoms with van der Waals surface area (Å²) in [7, 11) is -3.81. The first kappa shape index (κ1) is 14.7. The van der Waals surface area contributed by atoms with Crippen molar-refractivity contribution in [1.82, 2.24) is 8.96 Å². The van der Waals surface area contributed by atoms with Crippen molar-refractivity contribution in [1.29, 1.82) is 0 Å². The molecule has 22 heavy (non-hydrogen) atoms. The Bertz CT molecular complexity index is 983. The molecule has 0 N–H and O–H groups in total. The maximum atomic E-state index is 12.6. The van der Waals surface area contributed by atoms with E-state index in [1.165, 1.54) is 24.4 Å². The number of nitro groups is 1. The van der Waals surface area contributed by atoms with Gasteiger partial charge in [-0.3, -0.25) is 10.1 Å². The van der Waals surface area contributed by atoms with Crippen molar-refractivity contribution in [2.75, 3.05) is 0 Å². The number of rotatable bonds is 3. The van der Waals surface area contributed by atoms with Gasteiger partial charge in [0.15, 0.2) is 5.65 Å². The number of halogens is 1. The van der Waals surface area contributed by atoms with E-state index in [0.29, 0.717) is 5.39 Å². The van der Waals surface area contributed by atoms with Crippen molar-refractivity contribution in [3.05, 3.63) is 63.4 Å². The maximum Gasteiger partial charge on any atom is 0.302 e. The van der Waals surface area contributed by atoms with Gasteiger partial charge in [-0.2, -0.15) is 0 Å². The Morgan fingerprint density at radius 3 is 2.50 bits per heavy atom. The van der Waals surface area contributed by atoms with Gasteiger partial charge in [0, 0.05) is 11.6 Å². The molecule has 7 nitrogen and oxygen atoms in total. The molecule has 0 spiro atoms. The fraction of sp³-hybridized carbons (Fsp3) is 0. The molecule has 3 aromatic rings. The Balaban J connectivity index is 2.26. The standard InChI is InChI=1S/C13H8BrN3O4S/c14-12-10-6-7-16(13(10)15-8-11(12)17(18)19)22(20,21)9-4-2-1-3-5-9/h1-8H. The summed E-state index contributed by atoms with van der Waals surface area (Å²) in [5, 5.41) is 11.3. The molecule has 112 valence electrons. The molecule has 0 saturated heterocycles. The zero-order valence-electron chi connectivity index (χ0n) is 10.9. The number of hydrogen-bond acceptors (Lipinski definition) is 5. The van der Waals surface area contributed by atoms with Gasteiger partial charge in [0.05, 0.1) is 9.82 Å². The molecule has 2 aromatic heterocycles. The Hall–Kier alpha value is -2.26. The van der Waals surface area contributed by atoms with E-state index in [1.54, 1.807) is 18.2 Å². The average molecular weight is 382 g/mol. The highest BCUT2D eigenvalue weighted by Crippen LogP contribution is 2.33. The van der Waals surface area contributed by atoms with Crippen molar-refractivity contribution in [3.63, 3.8) is 0 Å². The van der Waals surface area contributed by atoms with Crippen molar-refractivity contribution in [2.45, 2.75) is 4.90 Å². The predicted molar refractivity (Wildman–Crippen MR) is 83.1 cm³/mol. The SMILES string of the molecule is O=[N+]([O-])c1cnc2c(ccn2S(=O)(=O)c2ccccc2)c1Br. The predicted octanol–water partition coefficient (Wildman–Crippen LogP) is 2.94. The first-order valence-electron chi connectivity index (χ1n) is 6.03. The molecule has 2 heterocycles. The third-order valence-corrected chi connectivity index (χ3v) is 5.61. The largest absolute Gasteiger partial charge is 0.302 e. The third-order valence-electron chi connectivity index (χ3n) is 3.09. The molecular weight excluding hydrogens is 374 g/mol. The molecule has 0 aliphatic heterocycles. The van der Waals surface area contributed by atoms with E-state index in [1.807, 2.05) is 0 Å². The highest BCUT2D eigenvalue weighted by molar-refractivity contribution is 9.10. The zero-order chi connectivity index (χ0) is 15.9. The van der Waals surface area contributed by atoms with Crippen LogP contribution in [0.4, 0.5) is 5.69 Å². The van der Waals surface area contributed by atoms with E-state index < -0.39 is 14.9 Å². The van der Waals surface area contributed by atoms with Crippen molar-refractivity contribution in [3.8, 4) is 0 Å². The van der Waals surface area contributed by atoms with Crippen LogP contribution >= 0.6 is 15.9 Å². The van der Waals surface area contributed by atoms with Crippen molar-refractivity contribution < 1.29 is 13.3 Å². The van der Waals surface area contributed by atoms with Crippen LogP contribution in [0.1, 0.15) is 0 Å². The zero-order valence-corrected chi connectivity index (χ0v) is 13.3. The number of hydrogen-bond donors (Lipinski definition) is 0. The number of benzene rings is 1. The minimum Gasteiger partial charge on any atom is -0.258 e. The summed E-state index contributed by atoms with van der Waals surface area (Å²) in [6.45, 7) is 0. The van der Waals surface area contributed by atoms with E-state index >= 15 is 0 Å². The van der Waals surface area contributed by atoms with Crippen LogP contribution in [0.5, 0.6) is 0 Å². The summed E-state index contributed by atoms with van der Waals surface area (Å²) >= 11 is 3.13. The van der Waals surface area contributed by atoms with Gasteiger partial charge in [0.2, 0.25) is 0 Å². The molecule has 0 saturated carbocycles. The number of aromatic nitrogens is 2. The van der Waals surface area contributed by atoms with Crippen molar-refractivity contribution >= 4 is 42.7 Å². The van der Waals surface area contributed by atoms with Crippen LogP contribution in [0.25, 0.3) is 11.0 Å². The second-order valence-corrected chi connectivity index (χ2v) is 6.99. The Labute approximate surface area is 133 Å². The molecule has 9 heteroatoms. The lowest BCUT2D eigenvalue weighted by atomic mass is 10.3. The van der Waals surface area contributed by atoms with Crippen LogP contribution in [0, 0.1) is 10.1 Å². The minimum absolute atomic E-state index is 0.115. The van der Waals surface area contributed by atoms with E-state index in [-0.39, 0.29) is 20.7 Å². The average Bonchev–Trinajstić information content (AvgIpc) is 2.93. The lowest BCUT2D eigenvalue weighted by Gasteiger charge is -2.07. The highest BCUT2D eigenvalue weighted by atomic mass is 79.9. The number of nitrogens with zero attached hydrogens (tertiary/aromatic N) is 3. The fourth-order valence-corrected chi connectivity index (χ4v) is 3.93. The van der Waals surface area contributed by atoms with Crippen LogP contribution in [0.15, 0.2) is 58.2 Å². The fourth-order valence-electron chi connectivity index (χ4n) is 2.05. The topological polar surface area (TPSA) is 95.1 Å². The van der Waals surface area contributed by atoms with E-state index in [9.17, 15) is 18.5 Å². The second kappa shape index (κ2) is 5.18. The number of fused-ring (bicyclic) bond motifs is 1. The Morgan fingerprint density at radius 1 is 1.18 bits per heavy atom. The van der Waals surface area contributed by atoms with Crippen LogP contribution in [0.2, 0.25) is 0 Å². The normalized spacial score (nSPS) is 11.7. The molecule has 3 rings (SSSR count). The molecule has 0 fully saturated rings. The van der Waals surface area contributed by atoms with E-state index in [0.717, 1.165) is 10.2 Å². The Morgan fingerprint density at radius 2 is 1.86 bits per heavy atom. The monoisotopic (exact) mass is 381 g/mol. The summed E-state index contributed by atoms with van der Waals surface area (Å²) in [5.41, 5.74) is -0.0938. The summed E-state index contributed by atoms with van der Waals surface area (Å²) in [4.78, 5) is 14.4. The Kier molecular flexibility index (Phi) is 3.45. The summed E-state index contributed by atoms with van der Waals surface area (Å²) in [6.07, 6.45) is 2.36. The molecular formula is C13H8BrN3O4S. The molecule has 0 radical (unpaired) electrons. The first-order valence-corrected chi connectivity index (χ1v) is 8.27. The molecule has 0 amide bonds. The van der Waals surface area contributed by atoms with Crippen LogP contribution < -0.4 is 0 Å². The summed E-state index contributed by atoms with van der Waals surface area (Å²) < 4.78 is 26.4. The molecule has 0 unspecified atom stereocenters. The van der Waals surface area contributed by atoms with Gasteiger partial charge >= 0.3 is 5.69 Å². The third kappa shape index (κ3) is 2.18. The van der Waals surface area contributed by atoms with Crippen LogP contribution in [-0.2, 0) is 10.0 Å². The van der Waals surface area contributed by atoms with Gasteiger partial charge in [0.1, 0.15) is 10.7 Å². The lowest BCUT2D eigenvalue weighted by molar-refractivity contribution is -0.385. The van der Waals surface area contributed by atoms with Crippen LogP contribution in [-0.4, -0.2) is 22.3 Å². The van der Waals surface area contributed by atoms with Gasteiger partial charge in [-0.15, -0.1) is 0 Å². The van der Waals surface area contributed by atoms with Gasteiger partial charge < -0.3 is 0 Å². The second-order valence-electron chi connectivity index (χ2n) is 4.38. The van der Waals surface area contributed by atoms with E-state index in [4.69, 9.17) is 0 Å². The van der Waals surface area contributed by atoms with E-state index in [2.05, 4.69) is 20.9 Å². The summed E-state index contributed by atoms with van der Waals surface area (Å²) in [6, 6.07) is 9.37. The molecule has 0 aliphatic carbocycles. The minimum atomic E-state index is -3.81. The molecule has 0 atom stereocenters. The van der Waals surface area contributed by atoms with Crippen molar-refractivity contribution in [2.24, 2.45) is 0 Å². The van der Waals surface area contributed by atoms with Gasteiger partial charge in [-0.1, -0.05) is 18.2 Å². The van der Waals surface area contributed by atoms with Crippen LogP contribution in [0.3, 0.4) is 0 Å². The smallest absolute Gasteiger partial charge is 0.258 e. The summed E-state index contributed by atoms with van der Waals surface area (Å²) in [5.74, 6) is 0. The first-order chi connectivity index (χ1) is 10.4. The van der Waals surface area contributed by atoms with Gasteiger partial charge in [-0.25, -0.2) is 17.4 Å². The molecule has 0 aliphatic rings. The van der Waals surface area contributed by atoms with Gasteiger partial charge in [0.25, 0.3) is 10.0 Å². The lowest BCUT2D eigenvalue weighted by Crippen LogP contribution is -2.12. The molecule has 1 aromatic carbocycles. The quantitative estimate of drug-likeness (QED) is 0.513.